The van der Waals surface area contributed by atoms with Crippen molar-refractivity contribution in [3.8, 4) is 55.6 Å². The average molecular weight is 559 g/mol. The molecule has 8 aromatic carbocycles. The van der Waals surface area contributed by atoms with Gasteiger partial charge in [-0.2, -0.15) is 0 Å². The summed E-state index contributed by atoms with van der Waals surface area (Å²) >= 11 is 0. The number of fused-ring (bicyclic) bond motifs is 2. The molecule has 0 saturated heterocycles. The zero-order chi connectivity index (χ0) is 29.3. The lowest BCUT2D eigenvalue weighted by atomic mass is 9.85. The van der Waals surface area contributed by atoms with Crippen LogP contribution in [0.25, 0.3) is 77.2 Å². The molecular formula is C44H30. The van der Waals surface area contributed by atoms with Gasteiger partial charge < -0.3 is 0 Å². The third kappa shape index (κ3) is 4.68. The highest BCUT2D eigenvalue weighted by Gasteiger charge is 2.17. The van der Waals surface area contributed by atoms with Crippen molar-refractivity contribution in [1.82, 2.24) is 0 Å². The van der Waals surface area contributed by atoms with Gasteiger partial charge in [0, 0.05) is 0 Å². The third-order valence-electron chi connectivity index (χ3n) is 8.63. The molecule has 0 spiro atoms. The van der Waals surface area contributed by atoms with Crippen LogP contribution in [0.2, 0.25) is 0 Å². The van der Waals surface area contributed by atoms with Gasteiger partial charge in [-0.05, 0) is 101 Å². The van der Waals surface area contributed by atoms with Gasteiger partial charge in [0.25, 0.3) is 0 Å². The van der Waals surface area contributed by atoms with Gasteiger partial charge in [-0.3, -0.25) is 0 Å². The minimum atomic E-state index is 1.21. The molecule has 0 heterocycles. The summed E-state index contributed by atoms with van der Waals surface area (Å²) in [5.41, 5.74) is 12.3. The molecule has 0 heteroatoms. The second kappa shape index (κ2) is 11.2. The number of benzene rings is 8. The highest BCUT2D eigenvalue weighted by molar-refractivity contribution is 6.21. The average Bonchev–Trinajstić information content (AvgIpc) is 3.11. The van der Waals surface area contributed by atoms with Crippen molar-refractivity contribution in [2.45, 2.75) is 0 Å². The van der Waals surface area contributed by atoms with Gasteiger partial charge in [0.05, 0.1) is 0 Å². The monoisotopic (exact) mass is 558 g/mol. The molecule has 0 aliphatic carbocycles. The first-order chi connectivity index (χ1) is 21.8. The molecular weight excluding hydrogens is 528 g/mol. The second-order valence-corrected chi connectivity index (χ2v) is 11.3. The van der Waals surface area contributed by atoms with E-state index in [-0.39, 0.29) is 0 Å². The summed E-state index contributed by atoms with van der Waals surface area (Å²) in [4.78, 5) is 0. The van der Waals surface area contributed by atoms with Crippen LogP contribution in [0.15, 0.2) is 182 Å². The van der Waals surface area contributed by atoms with Crippen molar-refractivity contribution >= 4 is 21.5 Å². The molecule has 0 aromatic heterocycles. The van der Waals surface area contributed by atoms with Crippen LogP contribution in [-0.2, 0) is 0 Å². The molecule has 0 fully saturated rings. The lowest BCUT2D eigenvalue weighted by molar-refractivity contribution is 1.56. The third-order valence-corrected chi connectivity index (χ3v) is 8.63. The summed E-state index contributed by atoms with van der Waals surface area (Å²) in [7, 11) is 0. The van der Waals surface area contributed by atoms with E-state index in [9.17, 15) is 0 Å². The largest absolute Gasteiger partial charge is 0.0622 e. The molecule has 8 rings (SSSR count). The second-order valence-electron chi connectivity index (χ2n) is 11.3. The molecule has 0 atom stereocenters. The maximum atomic E-state index is 2.37. The van der Waals surface area contributed by atoms with Crippen LogP contribution >= 0.6 is 0 Å². The predicted molar refractivity (Wildman–Crippen MR) is 189 cm³/mol. The summed E-state index contributed by atoms with van der Waals surface area (Å²) < 4.78 is 0. The summed E-state index contributed by atoms with van der Waals surface area (Å²) in [5, 5.41) is 5.08. The van der Waals surface area contributed by atoms with Crippen LogP contribution in [0.1, 0.15) is 0 Å². The summed E-state index contributed by atoms with van der Waals surface area (Å²) in [6.45, 7) is 0. The van der Waals surface area contributed by atoms with E-state index in [2.05, 4.69) is 182 Å². The van der Waals surface area contributed by atoms with Crippen LogP contribution in [-0.4, -0.2) is 0 Å². The van der Waals surface area contributed by atoms with Crippen LogP contribution < -0.4 is 0 Å². The van der Waals surface area contributed by atoms with Crippen molar-refractivity contribution in [1.29, 1.82) is 0 Å². The first-order valence-electron chi connectivity index (χ1n) is 15.2. The van der Waals surface area contributed by atoms with Gasteiger partial charge in [-0.25, -0.2) is 0 Å². The highest BCUT2D eigenvalue weighted by Crippen LogP contribution is 2.44. The molecule has 0 radical (unpaired) electrons. The Morgan fingerprint density at radius 1 is 0.182 bits per heavy atom. The maximum absolute atomic E-state index is 2.37. The first kappa shape index (κ1) is 25.9. The molecule has 206 valence electrons. The summed E-state index contributed by atoms with van der Waals surface area (Å²) in [6, 6.07) is 65.9. The van der Waals surface area contributed by atoms with E-state index >= 15 is 0 Å². The predicted octanol–water partition coefficient (Wildman–Crippen LogP) is 12.3. The molecule has 0 aliphatic heterocycles. The normalized spacial score (nSPS) is 11.2. The Labute approximate surface area is 258 Å². The van der Waals surface area contributed by atoms with Crippen LogP contribution in [0, 0.1) is 0 Å². The Bertz CT molecular complexity index is 2130. The minimum Gasteiger partial charge on any atom is -0.0622 e. The van der Waals surface area contributed by atoms with Gasteiger partial charge >= 0.3 is 0 Å². The van der Waals surface area contributed by atoms with Gasteiger partial charge in [0.2, 0.25) is 0 Å². The Morgan fingerprint density at radius 2 is 0.477 bits per heavy atom. The number of rotatable bonds is 5. The van der Waals surface area contributed by atoms with Crippen molar-refractivity contribution in [2.24, 2.45) is 0 Å². The Morgan fingerprint density at radius 3 is 0.932 bits per heavy atom. The fraction of sp³-hybridized carbons (Fsp3) is 0. The van der Waals surface area contributed by atoms with Gasteiger partial charge in [0.15, 0.2) is 0 Å². The Balaban J connectivity index is 1.36. The molecule has 44 heavy (non-hydrogen) atoms. The van der Waals surface area contributed by atoms with Crippen molar-refractivity contribution in [3.05, 3.63) is 182 Å². The molecule has 0 amide bonds. The van der Waals surface area contributed by atoms with Crippen molar-refractivity contribution in [2.75, 3.05) is 0 Å². The molecule has 0 unspecified atom stereocenters. The Hall–Kier alpha value is -5.72. The van der Waals surface area contributed by atoms with Crippen LogP contribution in [0.5, 0.6) is 0 Å². The molecule has 0 aliphatic rings. The van der Waals surface area contributed by atoms with E-state index in [1.54, 1.807) is 0 Å². The molecule has 0 N–H and O–H groups in total. The van der Waals surface area contributed by atoms with Gasteiger partial charge in [-0.1, -0.05) is 158 Å². The zero-order valence-corrected chi connectivity index (χ0v) is 24.3. The Kier molecular flexibility index (Phi) is 6.59. The van der Waals surface area contributed by atoms with Crippen LogP contribution in [0.4, 0.5) is 0 Å². The number of hydrogen-bond acceptors (Lipinski definition) is 0. The summed E-state index contributed by atoms with van der Waals surface area (Å²) in [6.07, 6.45) is 0. The lowest BCUT2D eigenvalue weighted by Gasteiger charge is -2.18. The lowest BCUT2D eigenvalue weighted by Crippen LogP contribution is -1.91. The minimum absolute atomic E-state index is 1.21. The van der Waals surface area contributed by atoms with Crippen molar-refractivity contribution < 1.29 is 0 Å². The quantitative estimate of drug-likeness (QED) is 0.184. The maximum Gasteiger partial charge on any atom is -0.00262 e. The van der Waals surface area contributed by atoms with E-state index in [0.717, 1.165) is 0 Å². The topological polar surface area (TPSA) is 0 Å². The van der Waals surface area contributed by atoms with Gasteiger partial charge in [0.1, 0.15) is 0 Å². The van der Waals surface area contributed by atoms with E-state index < -0.39 is 0 Å². The number of hydrogen-bond donors (Lipinski definition) is 0. The fourth-order valence-electron chi connectivity index (χ4n) is 6.60. The van der Waals surface area contributed by atoms with Crippen molar-refractivity contribution in [3.63, 3.8) is 0 Å². The van der Waals surface area contributed by atoms with Gasteiger partial charge in [-0.15, -0.1) is 0 Å². The van der Waals surface area contributed by atoms with E-state index in [1.165, 1.54) is 77.2 Å². The van der Waals surface area contributed by atoms with Crippen LogP contribution in [0.3, 0.4) is 0 Å². The smallest absolute Gasteiger partial charge is 0.00262 e. The van der Waals surface area contributed by atoms with E-state index in [0.29, 0.717) is 0 Å². The SMILES string of the molecule is c1ccc(-c2cc(-c3ccccc3)cc(-c3cccc(-c4c5ccccc5c(-c5ccccc5)c5ccccc45)c3)c2)cc1. The fourth-order valence-corrected chi connectivity index (χ4v) is 6.60. The summed E-state index contributed by atoms with van der Waals surface area (Å²) in [5.74, 6) is 0. The molecule has 0 bridgehead atoms. The zero-order valence-electron chi connectivity index (χ0n) is 24.3. The highest BCUT2D eigenvalue weighted by atomic mass is 14.2. The van der Waals surface area contributed by atoms with E-state index in [4.69, 9.17) is 0 Å². The molecule has 8 aromatic rings. The molecule has 0 saturated carbocycles. The first-order valence-corrected chi connectivity index (χ1v) is 15.2. The van der Waals surface area contributed by atoms with E-state index in [1.807, 2.05) is 0 Å². The molecule has 0 nitrogen and oxygen atoms in total. The standard InChI is InChI=1S/C44H30/c1-4-15-31(16-5-1)36-28-37(32-17-6-2-7-18-32)30-38(29-36)34-21-14-22-35(27-34)44-41-25-12-10-23-39(41)43(33-19-8-3-9-20-33)40-24-11-13-26-42(40)44/h1-30H.